The van der Waals surface area contributed by atoms with Gasteiger partial charge in [0.2, 0.25) is 0 Å². The predicted octanol–water partition coefficient (Wildman–Crippen LogP) is 7.76. The van der Waals surface area contributed by atoms with E-state index in [-0.39, 0.29) is 14.0 Å². The molecule has 172 valence electrons. The number of likely N-dealkylation sites (tertiary alicyclic amines) is 1. The zero-order chi connectivity index (χ0) is 21.8. The van der Waals surface area contributed by atoms with E-state index in [1.807, 2.05) is 0 Å². The Morgan fingerprint density at radius 3 is 1.97 bits per heavy atom. The van der Waals surface area contributed by atoms with Crippen molar-refractivity contribution in [1.82, 2.24) is 4.90 Å². The van der Waals surface area contributed by atoms with Crippen LogP contribution in [0.5, 0.6) is 0 Å². The van der Waals surface area contributed by atoms with Crippen molar-refractivity contribution in [2.45, 2.75) is 115 Å². The second kappa shape index (κ2) is 10.7. The standard InChI is InChI=1S/C27H43N2OP/c1-20-17-21(2)26(22(3)18-20)28-27(30)29-16-10-11-23(29)19-31(24-12-6-4-7-13-24)25-14-8-5-9-15-25/h17-18,23-25H,4-16,19H2,1-3H3,(H,28,30)/t23-/m0/s1. The van der Waals surface area contributed by atoms with Crippen molar-refractivity contribution in [3.8, 4) is 0 Å². The number of amides is 2. The summed E-state index contributed by atoms with van der Waals surface area (Å²) in [5, 5.41) is 3.30. The maximum absolute atomic E-state index is 13.4. The average Bonchev–Trinajstić information content (AvgIpc) is 3.24. The molecule has 0 unspecified atom stereocenters. The number of carbonyl (C=O) groups excluding carboxylic acids is 1. The van der Waals surface area contributed by atoms with E-state index in [1.165, 1.54) is 99.9 Å². The molecule has 1 aromatic rings. The van der Waals surface area contributed by atoms with E-state index in [1.54, 1.807) is 0 Å². The van der Waals surface area contributed by atoms with Gasteiger partial charge >= 0.3 is 6.03 Å². The minimum absolute atomic E-state index is 0.0429. The molecule has 2 amide bonds. The summed E-state index contributed by atoms with van der Waals surface area (Å²) >= 11 is 0. The van der Waals surface area contributed by atoms with Crippen LogP contribution in [0, 0.1) is 20.8 Å². The minimum atomic E-state index is 0.0429. The summed E-state index contributed by atoms with van der Waals surface area (Å²) in [6.45, 7) is 7.28. The molecule has 1 aromatic carbocycles. The van der Waals surface area contributed by atoms with Crippen LogP contribution in [0.25, 0.3) is 0 Å². The van der Waals surface area contributed by atoms with Gasteiger partial charge in [0, 0.05) is 18.3 Å². The number of urea groups is 1. The summed E-state index contributed by atoms with van der Waals surface area (Å²) in [6.07, 6.45) is 18.2. The Labute approximate surface area is 191 Å². The number of hydrogen-bond acceptors (Lipinski definition) is 1. The lowest BCUT2D eigenvalue weighted by Crippen LogP contribution is -2.41. The van der Waals surface area contributed by atoms with E-state index >= 15 is 0 Å². The van der Waals surface area contributed by atoms with Gasteiger partial charge in [0.05, 0.1) is 0 Å². The Bertz CT molecular complexity index is 711. The molecule has 3 aliphatic rings. The number of nitrogens with zero attached hydrogens (tertiary/aromatic N) is 1. The summed E-state index contributed by atoms with van der Waals surface area (Å²) in [4.78, 5) is 15.6. The SMILES string of the molecule is Cc1cc(C)c(NC(=O)N2CCC[C@H]2CP(C2CCCCC2)C2CCCCC2)c(C)c1. The molecular formula is C27H43N2OP. The normalized spacial score (nSPS) is 23.5. The first-order valence-electron chi connectivity index (χ1n) is 12.9. The highest BCUT2D eigenvalue weighted by atomic mass is 31.1. The van der Waals surface area contributed by atoms with Crippen LogP contribution in [-0.4, -0.2) is 41.0 Å². The number of carbonyl (C=O) groups is 1. The molecule has 3 fully saturated rings. The number of anilines is 1. The van der Waals surface area contributed by atoms with Crippen molar-refractivity contribution in [3.05, 3.63) is 28.8 Å². The maximum Gasteiger partial charge on any atom is 0.322 e. The van der Waals surface area contributed by atoms with E-state index in [0.29, 0.717) is 6.04 Å². The predicted molar refractivity (Wildman–Crippen MR) is 135 cm³/mol. The molecule has 1 saturated heterocycles. The van der Waals surface area contributed by atoms with Crippen LogP contribution in [0.3, 0.4) is 0 Å². The lowest BCUT2D eigenvalue weighted by atomic mass is 9.99. The lowest BCUT2D eigenvalue weighted by molar-refractivity contribution is 0.210. The smallest absolute Gasteiger partial charge is 0.321 e. The third-order valence-electron chi connectivity index (χ3n) is 8.06. The molecule has 1 heterocycles. The summed E-state index contributed by atoms with van der Waals surface area (Å²) < 4.78 is 0. The molecule has 2 saturated carbocycles. The third kappa shape index (κ3) is 5.65. The van der Waals surface area contributed by atoms with Crippen LogP contribution in [0.1, 0.15) is 93.7 Å². The summed E-state index contributed by atoms with van der Waals surface area (Å²) in [6, 6.07) is 4.95. The quantitative estimate of drug-likeness (QED) is 0.464. The number of hydrogen-bond donors (Lipinski definition) is 1. The largest absolute Gasteiger partial charge is 0.322 e. The summed E-state index contributed by atoms with van der Waals surface area (Å²) in [7, 11) is 0.0429. The highest BCUT2D eigenvalue weighted by molar-refractivity contribution is 7.59. The molecule has 31 heavy (non-hydrogen) atoms. The molecule has 0 radical (unpaired) electrons. The molecule has 0 bridgehead atoms. The molecule has 2 aliphatic carbocycles. The van der Waals surface area contributed by atoms with E-state index in [2.05, 4.69) is 43.1 Å². The van der Waals surface area contributed by atoms with E-state index in [9.17, 15) is 4.79 Å². The van der Waals surface area contributed by atoms with Gasteiger partial charge in [-0.05, 0) is 87.9 Å². The average molecular weight is 443 g/mol. The van der Waals surface area contributed by atoms with Gasteiger partial charge in [-0.25, -0.2) is 4.79 Å². The minimum Gasteiger partial charge on any atom is -0.321 e. The van der Waals surface area contributed by atoms with Gasteiger partial charge in [-0.2, -0.15) is 0 Å². The fourth-order valence-electron chi connectivity index (χ4n) is 6.51. The number of rotatable bonds is 5. The molecule has 4 heteroatoms. The Kier molecular flexibility index (Phi) is 7.96. The first-order chi connectivity index (χ1) is 15.0. The molecule has 0 aromatic heterocycles. The second-order valence-corrected chi connectivity index (χ2v) is 13.3. The Morgan fingerprint density at radius 2 is 1.42 bits per heavy atom. The van der Waals surface area contributed by atoms with Crippen molar-refractivity contribution in [3.63, 3.8) is 0 Å². The summed E-state index contributed by atoms with van der Waals surface area (Å²) in [5.41, 5.74) is 6.57. The Balaban J connectivity index is 1.46. The van der Waals surface area contributed by atoms with E-state index in [4.69, 9.17) is 0 Å². The van der Waals surface area contributed by atoms with Crippen molar-refractivity contribution in [2.75, 3.05) is 18.0 Å². The molecule has 1 atom stereocenters. The van der Waals surface area contributed by atoms with Crippen LogP contribution in [0.2, 0.25) is 0 Å². The molecular weight excluding hydrogens is 399 g/mol. The molecule has 1 aliphatic heterocycles. The van der Waals surface area contributed by atoms with Gasteiger partial charge in [-0.1, -0.05) is 64.1 Å². The number of nitrogens with one attached hydrogen (secondary N) is 1. The highest BCUT2D eigenvalue weighted by Crippen LogP contribution is 2.56. The first kappa shape index (κ1) is 23.1. The second-order valence-electron chi connectivity index (χ2n) is 10.5. The Morgan fingerprint density at radius 1 is 0.871 bits per heavy atom. The van der Waals surface area contributed by atoms with Crippen LogP contribution in [-0.2, 0) is 0 Å². The van der Waals surface area contributed by atoms with Gasteiger partial charge in [-0.15, -0.1) is 0 Å². The van der Waals surface area contributed by atoms with Crippen LogP contribution in [0.4, 0.5) is 10.5 Å². The number of benzene rings is 1. The first-order valence-corrected chi connectivity index (χ1v) is 14.6. The van der Waals surface area contributed by atoms with Gasteiger partial charge < -0.3 is 10.2 Å². The topological polar surface area (TPSA) is 32.3 Å². The maximum atomic E-state index is 13.4. The van der Waals surface area contributed by atoms with Gasteiger partial charge in [-0.3, -0.25) is 0 Å². The summed E-state index contributed by atoms with van der Waals surface area (Å²) in [5.74, 6) is 0. The van der Waals surface area contributed by atoms with E-state index < -0.39 is 0 Å². The van der Waals surface area contributed by atoms with Gasteiger partial charge in [0.1, 0.15) is 0 Å². The van der Waals surface area contributed by atoms with Crippen LogP contribution >= 0.6 is 7.92 Å². The van der Waals surface area contributed by atoms with Crippen molar-refractivity contribution < 1.29 is 4.79 Å². The van der Waals surface area contributed by atoms with Gasteiger partial charge in [0.25, 0.3) is 0 Å². The van der Waals surface area contributed by atoms with Crippen molar-refractivity contribution >= 4 is 19.6 Å². The molecule has 0 spiro atoms. The van der Waals surface area contributed by atoms with Gasteiger partial charge in [0.15, 0.2) is 0 Å². The fraction of sp³-hybridized carbons (Fsp3) is 0.741. The molecule has 3 nitrogen and oxygen atoms in total. The Hall–Kier alpha value is -1.08. The van der Waals surface area contributed by atoms with Crippen LogP contribution in [0.15, 0.2) is 12.1 Å². The van der Waals surface area contributed by atoms with E-state index in [0.717, 1.165) is 23.6 Å². The van der Waals surface area contributed by atoms with Crippen molar-refractivity contribution in [1.29, 1.82) is 0 Å². The van der Waals surface area contributed by atoms with Crippen LogP contribution < -0.4 is 5.32 Å². The van der Waals surface area contributed by atoms with Crippen molar-refractivity contribution in [2.24, 2.45) is 0 Å². The zero-order valence-corrected chi connectivity index (χ0v) is 21.0. The third-order valence-corrected chi connectivity index (χ3v) is 11.8. The molecule has 4 rings (SSSR count). The lowest BCUT2D eigenvalue weighted by Gasteiger charge is -2.41. The molecule has 1 N–H and O–H groups in total. The monoisotopic (exact) mass is 442 g/mol. The number of aryl methyl sites for hydroxylation is 3. The highest BCUT2D eigenvalue weighted by Gasteiger charge is 2.37. The fourth-order valence-corrected chi connectivity index (χ4v) is 10.6. The zero-order valence-electron chi connectivity index (χ0n) is 20.1.